The topological polar surface area (TPSA) is 58.6 Å². The maximum Gasteiger partial charge on any atom is 0.260 e. The molecule has 25 heavy (non-hydrogen) atoms. The van der Waals surface area contributed by atoms with E-state index in [9.17, 15) is 9.59 Å². The third-order valence-corrected chi connectivity index (χ3v) is 3.86. The number of aryl methyl sites for hydroxylation is 3. The monoisotopic (exact) mass is 340 g/mol. The zero-order valence-electron chi connectivity index (χ0n) is 15.1. The quantitative estimate of drug-likeness (QED) is 0.879. The first-order valence-corrected chi connectivity index (χ1v) is 8.15. The van der Waals surface area contributed by atoms with Crippen molar-refractivity contribution in [2.24, 2.45) is 0 Å². The molecule has 0 aliphatic heterocycles. The third-order valence-electron chi connectivity index (χ3n) is 3.86. The molecule has 0 aliphatic rings. The Morgan fingerprint density at radius 3 is 2.32 bits per heavy atom. The Kier molecular flexibility index (Phi) is 6.17. The molecule has 0 saturated heterocycles. The highest BCUT2D eigenvalue weighted by atomic mass is 16.5. The van der Waals surface area contributed by atoms with Crippen molar-refractivity contribution in [3.05, 3.63) is 59.2 Å². The van der Waals surface area contributed by atoms with Crippen LogP contribution < -0.4 is 10.1 Å². The van der Waals surface area contributed by atoms with Gasteiger partial charge in [-0.15, -0.1) is 0 Å². The fourth-order valence-corrected chi connectivity index (χ4v) is 2.25. The lowest BCUT2D eigenvalue weighted by molar-refractivity contribution is -0.135. The molecule has 0 radical (unpaired) electrons. The van der Waals surface area contributed by atoms with E-state index in [1.165, 1.54) is 4.90 Å². The third kappa shape index (κ3) is 5.64. The second-order valence-electron chi connectivity index (χ2n) is 6.22. The van der Waals surface area contributed by atoms with Gasteiger partial charge in [0.2, 0.25) is 5.91 Å². The highest BCUT2D eigenvalue weighted by molar-refractivity contribution is 5.95. The van der Waals surface area contributed by atoms with Crippen LogP contribution in [0.25, 0.3) is 0 Å². The summed E-state index contributed by atoms with van der Waals surface area (Å²) >= 11 is 0. The lowest BCUT2D eigenvalue weighted by atomic mass is 10.1. The van der Waals surface area contributed by atoms with Crippen LogP contribution in [0.5, 0.6) is 5.75 Å². The highest BCUT2D eigenvalue weighted by Gasteiger charge is 2.14. The van der Waals surface area contributed by atoms with Gasteiger partial charge in [0, 0.05) is 12.7 Å². The Labute approximate surface area is 148 Å². The molecule has 0 unspecified atom stereocenters. The summed E-state index contributed by atoms with van der Waals surface area (Å²) in [5, 5.41) is 2.84. The SMILES string of the molecule is Cc1ccc(OCC(=O)N(C)CC(=O)Nc2cc(C)ccc2C)cc1. The Balaban J connectivity index is 1.84. The molecule has 0 atom stereocenters. The molecule has 132 valence electrons. The molecule has 0 saturated carbocycles. The summed E-state index contributed by atoms with van der Waals surface area (Å²) in [5.41, 5.74) is 3.94. The number of rotatable bonds is 6. The second kappa shape index (κ2) is 8.33. The van der Waals surface area contributed by atoms with Crippen LogP contribution in [0.1, 0.15) is 16.7 Å². The maximum atomic E-state index is 12.2. The second-order valence-corrected chi connectivity index (χ2v) is 6.22. The van der Waals surface area contributed by atoms with Gasteiger partial charge in [0.15, 0.2) is 6.61 Å². The van der Waals surface area contributed by atoms with Crippen molar-refractivity contribution in [3.8, 4) is 5.75 Å². The average Bonchev–Trinajstić information content (AvgIpc) is 2.57. The van der Waals surface area contributed by atoms with Crippen LogP contribution in [0.2, 0.25) is 0 Å². The summed E-state index contributed by atoms with van der Waals surface area (Å²) in [7, 11) is 1.59. The number of anilines is 1. The molecular formula is C20H24N2O3. The van der Waals surface area contributed by atoms with Crippen molar-refractivity contribution in [1.29, 1.82) is 0 Å². The Bertz CT molecular complexity index is 754. The van der Waals surface area contributed by atoms with Gasteiger partial charge in [0.05, 0.1) is 6.54 Å². The molecule has 0 aliphatic carbocycles. The van der Waals surface area contributed by atoms with Crippen molar-refractivity contribution in [2.45, 2.75) is 20.8 Å². The smallest absolute Gasteiger partial charge is 0.260 e. The highest BCUT2D eigenvalue weighted by Crippen LogP contribution is 2.16. The number of amides is 2. The van der Waals surface area contributed by atoms with Crippen molar-refractivity contribution in [2.75, 3.05) is 25.5 Å². The molecule has 2 rings (SSSR count). The summed E-state index contributed by atoms with van der Waals surface area (Å²) in [6.07, 6.45) is 0. The standard InChI is InChI=1S/C20H24N2O3/c1-14-6-9-17(10-7-14)25-13-20(24)22(4)12-19(23)21-18-11-15(2)5-8-16(18)3/h5-11H,12-13H2,1-4H3,(H,21,23). The van der Waals surface area contributed by atoms with E-state index in [2.05, 4.69) is 5.32 Å². The van der Waals surface area contributed by atoms with Crippen LogP contribution in [0, 0.1) is 20.8 Å². The fourth-order valence-electron chi connectivity index (χ4n) is 2.25. The minimum atomic E-state index is -0.253. The van der Waals surface area contributed by atoms with E-state index in [4.69, 9.17) is 4.74 Å². The number of hydrogen-bond acceptors (Lipinski definition) is 3. The average molecular weight is 340 g/mol. The van der Waals surface area contributed by atoms with Crippen LogP contribution in [-0.2, 0) is 9.59 Å². The van der Waals surface area contributed by atoms with Crippen molar-refractivity contribution in [1.82, 2.24) is 4.90 Å². The number of ether oxygens (including phenoxy) is 1. The summed E-state index contributed by atoms with van der Waals surface area (Å²) in [5.74, 6) is 0.142. The number of carbonyl (C=O) groups is 2. The van der Waals surface area contributed by atoms with Gasteiger partial charge >= 0.3 is 0 Å². The summed E-state index contributed by atoms with van der Waals surface area (Å²) in [6, 6.07) is 13.3. The van der Waals surface area contributed by atoms with Crippen LogP contribution in [0.3, 0.4) is 0 Å². The largest absolute Gasteiger partial charge is 0.484 e. The number of nitrogens with zero attached hydrogens (tertiary/aromatic N) is 1. The van der Waals surface area contributed by atoms with Crippen molar-refractivity contribution < 1.29 is 14.3 Å². The number of hydrogen-bond donors (Lipinski definition) is 1. The number of carbonyl (C=O) groups excluding carboxylic acids is 2. The predicted octanol–water partition coefficient (Wildman–Crippen LogP) is 3.09. The fraction of sp³-hybridized carbons (Fsp3) is 0.300. The van der Waals surface area contributed by atoms with Gasteiger partial charge in [-0.1, -0.05) is 29.8 Å². The van der Waals surface area contributed by atoms with E-state index < -0.39 is 0 Å². The van der Waals surface area contributed by atoms with Gasteiger partial charge in [0.1, 0.15) is 5.75 Å². The first-order chi connectivity index (χ1) is 11.8. The number of nitrogens with one attached hydrogen (secondary N) is 1. The van der Waals surface area contributed by atoms with Crippen LogP contribution >= 0.6 is 0 Å². The molecule has 0 bridgehead atoms. The summed E-state index contributed by atoms with van der Waals surface area (Å²) in [6.45, 7) is 5.75. The van der Waals surface area contributed by atoms with E-state index in [1.54, 1.807) is 7.05 Å². The van der Waals surface area contributed by atoms with Crippen LogP contribution in [0.4, 0.5) is 5.69 Å². The zero-order chi connectivity index (χ0) is 18.4. The minimum Gasteiger partial charge on any atom is -0.484 e. The Morgan fingerprint density at radius 2 is 1.64 bits per heavy atom. The molecule has 5 heteroatoms. The van der Waals surface area contributed by atoms with Crippen LogP contribution in [0.15, 0.2) is 42.5 Å². The van der Waals surface area contributed by atoms with Crippen LogP contribution in [-0.4, -0.2) is 36.9 Å². The van der Waals surface area contributed by atoms with E-state index in [0.29, 0.717) is 5.75 Å². The number of benzene rings is 2. The Morgan fingerprint density at radius 1 is 1.00 bits per heavy atom. The minimum absolute atomic E-state index is 0.0243. The van der Waals surface area contributed by atoms with E-state index in [1.807, 2.05) is 63.2 Å². The van der Waals surface area contributed by atoms with Gasteiger partial charge in [-0.2, -0.15) is 0 Å². The lowest BCUT2D eigenvalue weighted by Gasteiger charge is -2.18. The molecule has 0 fully saturated rings. The first-order valence-electron chi connectivity index (χ1n) is 8.15. The molecule has 0 aromatic heterocycles. The summed E-state index contributed by atoms with van der Waals surface area (Å²) in [4.78, 5) is 25.6. The Hall–Kier alpha value is -2.82. The van der Waals surface area contributed by atoms with Gasteiger partial charge in [-0.3, -0.25) is 9.59 Å². The molecule has 2 aromatic carbocycles. The van der Waals surface area contributed by atoms with Gasteiger partial charge in [-0.05, 0) is 50.1 Å². The number of likely N-dealkylation sites (N-methyl/N-ethyl adjacent to an activating group) is 1. The van der Waals surface area contributed by atoms with Crippen molar-refractivity contribution >= 4 is 17.5 Å². The molecule has 1 N–H and O–H groups in total. The molecule has 2 aromatic rings. The molecule has 5 nitrogen and oxygen atoms in total. The van der Waals surface area contributed by atoms with Gasteiger partial charge < -0.3 is 15.0 Å². The summed E-state index contributed by atoms with van der Waals surface area (Å²) < 4.78 is 5.46. The van der Waals surface area contributed by atoms with E-state index >= 15 is 0 Å². The zero-order valence-corrected chi connectivity index (χ0v) is 15.1. The predicted molar refractivity (Wildman–Crippen MR) is 98.9 cm³/mol. The van der Waals surface area contributed by atoms with Gasteiger partial charge in [0.25, 0.3) is 5.91 Å². The maximum absolute atomic E-state index is 12.2. The van der Waals surface area contributed by atoms with E-state index in [0.717, 1.165) is 22.4 Å². The first kappa shape index (κ1) is 18.5. The van der Waals surface area contributed by atoms with Crippen molar-refractivity contribution in [3.63, 3.8) is 0 Å². The molecular weight excluding hydrogens is 316 g/mol. The molecule has 2 amide bonds. The van der Waals surface area contributed by atoms with E-state index in [-0.39, 0.29) is 25.0 Å². The van der Waals surface area contributed by atoms with Gasteiger partial charge in [-0.25, -0.2) is 0 Å². The molecule has 0 heterocycles. The normalized spacial score (nSPS) is 10.2. The lowest BCUT2D eigenvalue weighted by Crippen LogP contribution is -2.37. The molecule has 0 spiro atoms.